The van der Waals surface area contributed by atoms with Crippen LogP contribution in [0.15, 0.2) is 53.7 Å². The van der Waals surface area contributed by atoms with Gasteiger partial charge in [0.1, 0.15) is 12.4 Å². The van der Waals surface area contributed by atoms with Crippen molar-refractivity contribution < 1.29 is 33.0 Å². The molecule has 2 aromatic rings. The molecule has 0 saturated carbocycles. The lowest BCUT2D eigenvalue weighted by atomic mass is 9.83. The maximum atomic E-state index is 14.0. The van der Waals surface area contributed by atoms with Crippen LogP contribution in [0.2, 0.25) is 0 Å². The molecule has 3 aliphatic heterocycles. The van der Waals surface area contributed by atoms with Crippen LogP contribution in [0, 0.1) is 5.82 Å². The van der Waals surface area contributed by atoms with Gasteiger partial charge in [-0.2, -0.15) is 0 Å². The first-order valence-electron chi connectivity index (χ1n) is 13.2. The summed E-state index contributed by atoms with van der Waals surface area (Å²) in [6.07, 6.45) is -0.0501. The van der Waals surface area contributed by atoms with Crippen molar-refractivity contribution in [2.75, 3.05) is 46.1 Å². The van der Waals surface area contributed by atoms with Crippen LogP contribution in [0.5, 0.6) is 11.5 Å². The van der Waals surface area contributed by atoms with Crippen molar-refractivity contribution in [3.8, 4) is 11.5 Å². The van der Waals surface area contributed by atoms with Gasteiger partial charge in [0.15, 0.2) is 11.5 Å². The predicted molar refractivity (Wildman–Crippen MR) is 139 cm³/mol. The highest BCUT2D eigenvalue weighted by Crippen LogP contribution is 2.37. The van der Waals surface area contributed by atoms with Crippen LogP contribution in [0.4, 0.5) is 4.39 Å². The number of carbonyl (C=O) groups is 3. The molecule has 39 heavy (non-hydrogen) atoms. The highest BCUT2D eigenvalue weighted by molar-refractivity contribution is 5.97. The van der Waals surface area contributed by atoms with Gasteiger partial charge in [0.25, 0.3) is 0 Å². The topological polar surface area (TPSA) is 88.6 Å². The van der Waals surface area contributed by atoms with Gasteiger partial charge in [-0.3, -0.25) is 14.5 Å². The Morgan fingerprint density at radius 3 is 2.56 bits per heavy atom. The first-order valence-corrected chi connectivity index (χ1v) is 13.2. The normalized spacial score (nSPS) is 19.5. The van der Waals surface area contributed by atoms with E-state index in [0.717, 1.165) is 23.6 Å². The number of esters is 1. The monoisotopic (exact) mass is 537 g/mol. The smallest absolute Gasteiger partial charge is 0.336 e. The maximum Gasteiger partial charge on any atom is 0.336 e. The molecule has 0 aliphatic carbocycles. The minimum atomic E-state index is -0.640. The number of hydrogen-bond donors (Lipinski definition) is 0. The number of allylic oxidation sites excluding steroid dienone is 1. The van der Waals surface area contributed by atoms with Crippen LogP contribution in [-0.2, 0) is 25.7 Å². The first kappa shape index (κ1) is 26.7. The Kier molecular flexibility index (Phi) is 7.83. The predicted octanol–water partition coefficient (Wildman–Crippen LogP) is 3.05. The zero-order valence-electron chi connectivity index (χ0n) is 22.2. The molecule has 10 heteroatoms. The molecule has 1 fully saturated rings. The van der Waals surface area contributed by atoms with Crippen LogP contribution in [0.3, 0.4) is 0 Å². The van der Waals surface area contributed by atoms with Crippen LogP contribution in [0.25, 0.3) is 0 Å². The van der Waals surface area contributed by atoms with E-state index >= 15 is 0 Å². The second-order valence-corrected chi connectivity index (χ2v) is 9.86. The van der Waals surface area contributed by atoms with E-state index in [0.29, 0.717) is 37.4 Å². The summed E-state index contributed by atoms with van der Waals surface area (Å²) >= 11 is 0. The van der Waals surface area contributed by atoms with E-state index in [1.165, 1.54) is 17.0 Å². The molecule has 1 atom stereocenters. The van der Waals surface area contributed by atoms with Crippen molar-refractivity contribution in [3.63, 3.8) is 0 Å². The Balaban J connectivity index is 1.25. The lowest BCUT2D eigenvalue weighted by molar-refractivity contribution is -0.143. The van der Waals surface area contributed by atoms with Crippen molar-refractivity contribution >= 4 is 17.8 Å². The second-order valence-electron chi connectivity index (χ2n) is 9.86. The van der Waals surface area contributed by atoms with Gasteiger partial charge in [-0.05, 0) is 49.2 Å². The van der Waals surface area contributed by atoms with Crippen LogP contribution < -0.4 is 9.47 Å². The largest absolute Gasteiger partial charge is 0.463 e. The molecule has 5 rings (SSSR count). The molecule has 2 amide bonds. The number of carbonyl (C=O) groups excluding carboxylic acids is 3. The molecule has 0 radical (unpaired) electrons. The van der Waals surface area contributed by atoms with E-state index in [9.17, 15) is 18.8 Å². The summed E-state index contributed by atoms with van der Waals surface area (Å²) in [6.45, 7) is 6.77. The molecule has 9 nitrogen and oxygen atoms in total. The highest BCUT2D eigenvalue weighted by Gasteiger charge is 2.38. The van der Waals surface area contributed by atoms with E-state index < -0.39 is 17.7 Å². The average molecular weight is 538 g/mol. The molecule has 2 aromatic carbocycles. The van der Waals surface area contributed by atoms with Gasteiger partial charge in [0, 0.05) is 50.8 Å². The molecular weight excluding hydrogens is 505 g/mol. The summed E-state index contributed by atoms with van der Waals surface area (Å²) in [5, 5.41) is 0. The number of nitrogens with zero attached hydrogens (tertiary/aromatic N) is 3. The fraction of sp³-hybridized carbons (Fsp3) is 0.414. The molecule has 0 N–H and O–H groups in total. The first-order chi connectivity index (χ1) is 18.8. The summed E-state index contributed by atoms with van der Waals surface area (Å²) in [4.78, 5) is 44.8. The number of piperazine rings is 1. The van der Waals surface area contributed by atoms with Gasteiger partial charge < -0.3 is 24.0 Å². The molecule has 3 aliphatic rings. The zero-order chi connectivity index (χ0) is 27.5. The number of benzene rings is 2. The number of fused-ring (bicyclic) bond motifs is 1. The lowest BCUT2D eigenvalue weighted by Gasteiger charge is -2.38. The lowest BCUT2D eigenvalue weighted by Crippen LogP contribution is -2.52. The quantitative estimate of drug-likeness (QED) is 0.502. The van der Waals surface area contributed by atoms with Gasteiger partial charge in [-0.1, -0.05) is 18.2 Å². The molecule has 0 aromatic heterocycles. The SMILES string of the molecule is CCOC(=O)C1=C(C)N(CC(=O)N2CCN(Cc3ccc4c(c3)OCO4)CC2)C(=O)CC1c1cccc(F)c1. The van der Waals surface area contributed by atoms with Gasteiger partial charge in [0.2, 0.25) is 18.6 Å². The maximum absolute atomic E-state index is 14.0. The number of halogens is 1. The number of amides is 2. The Hall–Kier alpha value is -3.92. The van der Waals surface area contributed by atoms with E-state index in [1.54, 1.807) is 30.9 Å². The van der Waals surface area contributed by atoms with E-state index in [-0.39, 0.29) is 43.8 Å². The minimum absolute atomic E-state index is 0.0501. The minimum Gasteiger partial charge on any atom is -0.463 e. The standard InChI is InChI=1S/C29H32FN3O6/c1-3-37-29(36)28-19(2)33(26(34)15-23(28)21-5-4-6-22(30)14-21)17-27(35)32-11-9-31(10-12-32)16-20-7-8-24-25(13-20)39-18-38-24/h4-8,13-14,23H,3,9-12,15-18H2,1-2H3. The Labute approximate surface area is 226 Å². The summed E-state index contributed by atoms with van der Waals surface area (Å²) in [7, 11) is 0. The van der Waals surface area contributed by atoms with E-state index in [1.807, 2.05) is 18.2 Å². The van der Waals surface area contributed by atoms with Crippen molar-refractivity contribution in [2.24, 2.45) is 0 Å². The third-order valence-electron chi connectivity index (χ3n) is 7.43. The van der Waals surface area contributed by atoms with Gasteiger partial charge in [-0.25, -0.2) is 9.18 Å². The fourth-order valence-electron chi connectivity index (χ4n) is 5.37. The molecule has 0 bridgehead atoms. The fourth-order valence-corrected chi connectivity index (χ4v) is 5.37. The van der Waals surface area contributed by atoms with Crippen molar-refractivity contribution in [1.82, 2.24) is 14.7 Å². The highest BCUT2D eigenvalue weighted by atomic mass is 19.1. The average Bonchev–Trinajstić information content (AvgIpc) is 3.39. The molecule has 1 saturated heterocycles. The number of rotatable bonds is 7. The van der Waals surface area contributed by atoms with Gasteiger partial charge in [0.05, 0.1) is 12.2 Å². The van der Waals surface area contributed by atoms with Gasteiger partial charge in [-0.15, -0.1) is 0 Å². The van der Waals surface area contributed by atoms with Crippen molar-refractivity contribution in [3.05, 3.63) is 70.7 Å². The molecule has 206 valence electrons. The second kappa shape index (κ2) is 11.4. The summed E-state index contributed by atoms with van der Waals surface area (Å²) < 4.78 is 30.1. The molecule has 3 heterocycles. The third-order valence-corrected chi connectivity index (χ3v) is 7.43. The number of ether oxygens (including phenoxy) is 3. The molecule has 1 unspecified atom stereocenters. The Morgan fingerprint density at radius 2 is 1.82 bits per heavy atom. The summed E-state index contributed by atoms with van der Waals surface area (Å²) in [6, 6.07) is 11.8. The van der Waals surface area contributed by atoms with Crippen molar-refractivity contribution in [1.29, 1.82) is 0 Å². The molecular formula is C29H32FN3O6. The Morgan fingerprint density at radius 1 is 1.05 bits per heavy atom. The molecule has 0 spiro atoms. The van der Waals surface area contributed by atoms with Crippen LogP contribution >= 0.6 is 0 Å². The Bertz CT molecular complexity index is 1300. The van der Waals surface area contributed by atoms with Crippen LogP contribution in [0.1, 0.15) is 37.3 Å². The zero-order valence-corrected chi connectivity index (χ0v) is 22.2. The van der Waals surface area contributed by atoms with E-state index in [4.69, 9.17) is 14.2 Å². The number of hydrogen-bond acceptors (Lipinski definition) is 7. The summed E-state index contributed by atoms with van der Waals surface area (Å²) in [5.41, 5.74) is 2.28. The van der Waals surface area contributed by atoms with E-state index in [2.05, 4.69) is 4.90 Å². The third kappa shape index (κ3) is 5.75. The van der Waals surface area contributed by atoms with Crippen LogP contribution in [-0.4, -0.2) is 78.6 Å². The van der Waals surface area contributed by atoms with Gasteiger partial charge >= 0.3 is 5.97 Å². The summed E-state index contributed by atoms with van der Waals surface area (Å²) in [5.74, 6) is -0.625. The van der Waals surface area contributed by atoms with Crippen molar-refractivity contribution in [2.45, 2.75) is 32.7 Å².